The Labute approximate surface area is 124 Å². The van der Waals surface area contributed by atoms with Crippen LogP contribution in [-0.2, 0) is 19.1 Å². The minimum atomic E-state index is -0.990. The van der Waals surface area contributed by atoms with E-state index in [1.165, 1.54) is 6.92 Å². The van der Waals surface area contributed by atoms with Crippen LogP contribution in [0.3, 0.4) is 0 Å². The second-order valence-electron chi connectivity index (χ2n) is 5.36. The summed E-state index contributed by atoms with van der Waals surface area (Å²) in [6, 6.07) is 8.94. The quantitative estimate of drug-likeness (QED) is 0.793. The van der Waals surface area contributed by atoms with Crippen molar-refractivity contribution in [2.45, 2.75) is 32.0 Å². The summed E-state index contributed by atoms with van der Waals surface area (Å²) in [5.74, 6) is -1.00. The third-order valence-corrected chi connectivity index (χ3v) is 3.46. The number of benzene rings is 1. The largest absolute Gasteiger partial charge is 0.458 e. The van der Waals surface area contributed by atoms with Crippen molar-refractivity contribution in [3.63, 3.8) is 0 Å². The van der Waals surface area contributed by atoms with Crippen LogP contribution in [0.2, 0.25) is 0 Å². The van der Waals surface area contributed by atoms with Gasteiger partial charge in [0.2, 0.25) is 6.10 Å². The zero-order valence-electron chi connectivity index (χ0n) is 12.5. The van der Waals surface area contributed by atoms with E-state index in [1.807, 2.05) is 13.1 Å². The highest BCUT2D eigenvalue weighted by Gasteiger charge is 2.29. The van der Waals surface area contributed by atoms with Crippen molar-refractivity contribution in [2.24, 2.45) is 0 Å². The number of carbonyl (C=O) groups is 2. The fourth-order valence-corrected chi connectivity index (χ4v) is 2.49. The van der Waals surface area contributed by atoms with E-state index in [0.717, 1.165) is 19.4 Å². The van der Waals surface area contributed by atoms with Gasteiger partial charge in [0.25, 0.3) is 0 Å². The Morgan fingerprint density at radius 2 is 2.00 bits per heavy atom. The molecule has 1 aliphatic rings. The predicted molar refractivity (Wildman–Crippen MR) is 77.6 cm³/mol. The third-order valence-electron chi connectivity index (χ3n) is 3.46. The average Bonchev–Trinajstić information content (AvgIpc) is 2.45. The highest BCUT2D eigenvalue weighted by Crippen LogP contribution is 2.22. The maximum absolute atomic E-state index is 12.3. The lowest BCUT2D eigenvalue weighted by Gasteiger charge is -2.30. The van der Waals surface area contributed by atoms with E-state index in [2.05, 4.69) is 4.90 Å². The molecule has 1 saturated heterocycles. The number of likely N-dealkylation sites (tertiary alicyclic amines) is 1. The number of ether oxygens (including phenoxy) is 2. The van der Waals surface area contributed by atoms with Gasteiger partial charge in [0, 0.05) is 19.0 Å². The summed E-state index contributed by atoms with van der Waals surface area (Å²) in [7, 11) is 2.00. The monoisotopic (exact) mass is 291 g/mol. The van der Waals surface area contributed by atoms with Crippen LogP contribution >= 0.6 is 0 Å². The highest BCUT2D eigenvalue weighted by molar-refractivity contribution is 5.80. The molecule has 5 nitrogen and oxygen atoms in total. The van der Waals surface area contributed by atoms with Crippen molar-refractivity contribution < 1.29 is 19.1 Å². The summed E-state index contributed by atoms with van der Waals surface area (Å²) in [6.45, 7) is 3.02. The fraction of sp³-hybridized carbons (Fsp3) is 0.500. The number of esters is 2. The lowest BCUT2D eigenvalue weighted by molar-refractivity contribution is -0.172. The van der Waals surface area contributed by atoms with Crippen LogP contribution in [0.15, 0.2) is 30.3 Å². The maximum atomic E-state index is 12.3. The van der Waals surface area contributed by atoms with Gasteiger partial charge < -0.3 is 14.4 Å². The maximum Gasteiger partial charge on any atom is 0.352 e. The van der Waals surface area contributed by atoms with Gasteiger partial charge in [-0.1, -0.05) is 30.3 Å². The number of nitrogens with zero attached hydrogens (tertiary/aromatic N) is 1. The van der Waals surface area contributed by atoms with Crippen molar-refractivity contribution in [1.29, 1.82) is 0 Å². The van der Waals surface area contributed by atoms with Crippen LogP contribution in [0, 0.1) is 0 Å². The Hall–Kier alpha value is -1.88. The van der Waals surface area contributed by atoms with E-state index in [-0.39, 0.29) is 6.10 Å². The zero-order chi connectivity index (χ0) is 15.2. The average molecular weight is 291 g/mol. The Morgan fingerprint density at radius 3 is 2.62 bits per heavy atom. The van der Waals surface area contributed by atoms with Gasteiger partial charge in [-0.15, -0.1) is 0 Å². The number of rotatable bonds is 4. The molecule has 5 heteroatoms. The first-order valence-corrected chi connectivity index (χ1v) is 7.17. The van der Waals surface area contributed by atoms with Gasteiger partial charge in [-0.05, 0) is 26.4 Å². The third kappa shape index (κ3) is 4.56. The molecule has 0 aliphatic carbocycles. The van der Waals surface area contributed by atoms with Gasteiger partial charge in [-0.25, -0.2) is 4.79 Å². The van der Waals surface area contributed by atoms with Crippen LogP contribution in [-0.4, -0.2) is 43.1 Å². The molecule has 0 unspecified atom stereocenters. The SMILES string of the molecule is CC(=O)O[C@@H](C(=O)O[C@H]1CCCN(C)C1)c1ccccc1. The smallest absolute Gasteiger partial charge is 0.352 e. The van der Waals surface area contributed by atoms with E-state index in [9.17, 15) is 9.59 Å². The first-order chi connectivity index (χ1) is 10.1. The first kappa shape index (κ1) is 15.5. The lowest BCUT2D eigenvalue weighted by atomic mass is 10.1. The molecule has 0 N–H and O–H groups in total. The Bertz CT molecular complexity index is 488. The van der Waals surface area contributed by atoms with E-state index in [0.29, 0.717) is 12.1 Å². The molecule has 2 atom stereocenters. The fourth-order valence-electron chi connectivity index (χ4n) is 2.49. The summed E-state index contributed by atoms with van der Waals surface area (Å²) < 4.78 is 10.7. The topological polar surface area (TPSA) is 55.8 Å². The predicted octanol–water partition coefficient (Wildman–Crippen LogP) is 1.93. The Balaban J connectivity index is 2.05. The van der Waals surface area contributed by atoms with Crippen LogP contribution < -0.4 is 0 Å². The molecule has 1 fully saturated rings. The summed E-state index contributed by atoms with van der Waals surface area (Å²) in [4.78, 5) is 25.7. The molecule has 0 bridgehead atoms. The van der Waals surface area contributed by atoms with E-state index >= 15 is 0 Å². The molecular formula is C16H21NO4. The van der Waals surface area contributed by atoms with Crippen LogP contribution in [0.1, 0.15) is 31.4 Å². The molecule has 114 valence electrons. The second kappa shape index (κ2) is 7.22. The van der Waals surface area contributed by atoms with E-state index in [1.54, 1.807) is 24.3 Å². The van der Waals surface area contributed by atoms with Crippen LogP contribution in [0.4, 0.5) is 0 Å². The summed E-state index contributed by atoms with van der Waals surface area (Å²) in [6.07, 6.45) is 0.712. The molecule has 1 aromatic carbocycles. The molecule has 21 heavy (non-hydrogen) atoms. The number of hydrogen-bond donors (Lipinski definition) is 0. The number of hydrogen-bond acceptors (Lipinski definition) is 5. The van der Waals surface area contributed by atoms with Gasteiger partial charge in [-0.3, -0.25) is 4.79 Å². The summed E-state index contributed by atoms with van der Waals surface area (Å²) in [5.41, 5.74) is 0.627. The molecule has 0 radical (unpaired) electrons. The second-order valence-corrected chi connectivity index (χ2v) is 5.36. The lowest BCUT2D eigenvalue weighted by Crippen LogP contribution is -2.39. The van der Waals surface area contributed by atoms with Gasteiger partial charge in [0.05, 0.1) is 0 Å². The molecule has 1 aliphatic heterocycles. The highest BCUT2D eigenvalue weighted by atomic mass is 16.6. The van der Waals surface area contributed by atoms with Crippen molar-refractivity contribution >= 4 is 11.9 Å². The molecule has 0 saturated carbocycles. The van der Waals surface area contributed by atoms with Crippen molar-refractivity contribution in [3.05, 3.63) is 35.9 Å². The number of carbonyl (C=O) groups excluding carboxylic acids is 2. The summed E-state index contributed by atoms with van der Waals surface area (Å²) in [5, 5.41) is 0. The molecule has 1 aromatic rings. The first-order valence-electron chi connectivity index (χ1n) is 7.17. The van der Waals surface area contributed by atoms with Crippen molar-refractivity contribution in [3.8, 4) is 0 Å². The minimum Gasteiger partial charge on any atom is -0.458 e. The van der Waals surface area contributed by atoms with Crippen LogP contribution in [0.25, 0.3) is 0 Å². The van der Waals surface area contributed by atoms with Gasteiger partial charge in [-0.2, -0.15) is 0 Å². The Kier molecular flexibility index (Phi) is 5.33. The molecule has 0 amide bonds. The standard InChI is InChI=1S/C16H21NO4/c1-12(18)20-15(13-7-4-3-5-8-13)16(19)21-14-9-6-10-17(2)11-14/h3-5,7-8,14-15H,6,9-11H2,1-2H3/t14-,15+/m0/s1. The summed E-state index contributed by atoms with van der Waals surface area (Å²) >= 11 is 0. The minimum absolute atomic E-state index is 0.141. The van der Waals surface area contributed by atoms with Gasteiger partial charge in [0.1, 0.15) is 6.10 Å². The van der Waals surface area contributed by atoms with Crippen molar-refractivity contribution in [1.82, 2.24) is 4.90 Å². The normalized spacial score (nSPS) is 20.6. The molecule has 1 heterocycles. The van der Waals surface area contributed by atoms with Crippen molar-refractivity contribution in [2.75, 3.05) is 20.1 Å². The number of piperidine rings is 1. The Morgan fingerprint density at radius 1 is 1.29 bits per heavy atom. The van der Waals surface area contributed by atoms with Crippen LogP contribution in [0.5, 0.6) is 0 Å². The zero-order valence-corrected chi connectivity index (χ0v) is 12.5. The van der Waals surface area contributed by atoms with E-state index in [4.69, 9.17) is 9.47 Å². The number of likely N-dealkylation sites (N-methyl/N-ethyl adjacent to an activating group) is 1. The van der Waals surface area contributed by atoms with E-state index < -0.39 is 18.0 Å². The molecule has 2 rings (SSSR count). The van der Waals surface area contributed by atoms with Gasteiger partial charge in [0.15, 0.2) is 0 Å². The molecule has 0 aromatic heterocycles. The van der Waals surface area contributed by atoms with Gasteiger partial charge >= 0.3 is 11.9 Å². The molecular weight excluding hydrogens is 270 g/mol. The molecule has 0 spiro atoms.